The molecule has 1 rings (SSSR count). The van der Waals surface area contributed by atoms with Gasteiger partial charge in [0.25, 0.3) is 0 Å². The van der Waals surface area contributed by atoms with Crippen molar-refractivity contribution >= 4 is 22.9 Å². The molecule has 1 unspecified atom stereocenters. The van der Waals surface area contributed by atoms with Crippen LogP contribution < -0.4 is 4.72 Å². The van der Waals surface area contributed by atoms with E-state index in [1.165, 1.54) is 12.1 Å². The molecule has 0 radical (unpaired) electrons. The van der Waals surface area contributed by atoms with Crippen LogP contribution in [0.1, 0.15) is 5.56 Å². The minimum atomic E-state index is -2.46. The van der Waals surface area contributed by atoms with Gasteiger partial charge in [-0.15, -0.1) is 0 Å². The number of carboxylic acids is 1. The van der Waals surface area contributed by atoms with E-state index in [0.29, 0.717) is 5.56 Å². The predicted molar refractivity (Wildman–Crippen MR) is 53.5 cm³/mol. The Morgan fingerprint density at radius 2 is 2.13 bits per heavy atom. The first-order chi connectivity index (χ1) is 7.09. The van der Waals surface area contributed by atoms with E-state index < -0.39 is 17.2 Å². The lowest BCUT2D eigenvalue weighted by atomic mass is 10.2. The van der Waals surface area contributed by atoms with Crippen molar-refractivity contribution in [1.82, 2.24) is 0 Å². The molecule has 15 heavy (non-hydrogen) atoms. The maximum Gasteiger partial charge on any atom is 0.382 e. The minimum Gasteiger partial charge on any atom is -0.755 e. The molecule has 5 nitrogen and oxygen atoms in total. The van der Waals surface area contributed by atoms with Gasteiger partial charge >= 0.3 is 5.97 Å². The van der Waals surface area contributed by atoms with Crippen molar-refractivity contribution in [3.63, 3.8) is 0 Å². The normalized spacial score (nSPS) is 11.0. The predicted octanol–water partition coefficient (Wildman–Crippen LogP) is 0.329. The summed E-state index contributed by atoms with van der Waals surface area (Å²) in [5.41, 5.74) is 0.559. The van der Waals surface area contributed by atoms with Gasteiger partial charge < -0.3 is 14.4 Å². The number of hydrogen-bond acceptors (Lipinski definition) is 3. The molecule has 6 heteroatoms. The summed E-state index contributed by atoms with van der Waals surface area (Å²) in [5, 5.41) is 8.33. The Bertz CT molecular complexity index is 461. The third-order valence-electron chi connectivity index (χ3n) is 1.42. The summed E-state index contributed by atoms with van der Waals surface area (Å²) in [7, 11) is 0. The molecule has 2 N–H and O–H groups in total. The fourth-order valence-corrected chi connectivity index (χ4v) is 1.25. The third-order valence-corrected chi connectivity index (χ3v) is 1.81. The van der Waals surface area contributed by atoms with Crippen molar-refractivity contribution in [2.24, 2.45) is 0 Å². The molecule has 0 saturated heterocycles. The average molecular weight is 224 g/mol. The van der Waals surface area contributed by atoms with Crippen LogP contribution in [-0.4, -0.2) is 19.8 Å². The van der Waals surface area contributed by atoms with Gasteiger partial charge in [0, 0.05) is 22.8 Å². The molecule has 0 spiro atoms. The van der Waals surface area contributed by atoms with E-state index in [1.807, 2.05) is 5.92 Å². The van der Waals surface area contributed by atoms with Crippen LogP contribution in [0, 0.1) is 11.8 Å². The summed E-state index contributed by atoms with van der Waals surface area (Å²) in [4.78, 5) is 10.2. The number of rotatable bonds is 2. The first-order valence-electron chi connectivity index (χ1n) is 3.79. The van der Waals surface area contributed by atoms with Crippen molar-refractivity contribution in [2.75, 3.05) is 4.72 Å². The number of anilines is 1. The minimum absolute atomic E-state index is 0.250. The Morgan fingerprint density at radius 1 is 1.47 bits per heavy atom. The van der Waals surface area contributed by atoms with Crippen LogP contribution in [-0.2, 0) is 16.1 Å². The number of aliphatic carboxylic acids is 1. The molecule has 1 atom stereocenters. The number of para-hydroxylation sites is 1. The third kappa shape index (κ3) is 3.81. The highest BCUT2D eigenvalue weighted by Gasteiger charge is 1.97. The lowest BCUT2D eigenvalue weighted by Crippen LogP contribution is -2.03. The van der Waals surface area contributed by atoms with Crippen LogP contribution >= 0.6 is 0 Å². The maximum atomic E-state index is 10.4. The molecule has 0 bridgehead atoms. The van der Waals surface area contributed by atoms with Gasteiger partial charge in [0.1, 0.15) is 0 Å². The van der Waals surface area contributed by atoms with E-state index >= 15 is 0 Å². The fourth-order valence-electron chi connectivity index (χ4n) is 0.892. The zero-order valence-electron chi connectivity index (χ0n) is 7.39. The molecule has 0 amide bonds. The van der Waals surface area contributed by atoms with Gasteiger partial charge in [0.15, 0.2) is 0 Å². The summed E-state index contributed by atoms with van der Waals surface area (Å²) in [6.45, 7) is 0. The van der Waals surface area contributed by atoms with Crippen molar-refractivity contribution in [3.8, 4) is 11.8 Å². The fraction of sp³-hybridized carbons (Fsp3) is 0. The monoisotopic (exact) mass is 224 g/mol. The van der Waals surface area contributed by atoms with E-state index in [0.717, 1.165) is 0 Å². The molecule has 0 aliphatic carbocycles. The lowest BCUT2D eigenvalue weighted by molar-refractivity contribution is -0.130. The average Bonchev–Trinajstić information content (AvgIpc) is 2.15. The topological polar surface area (TPSA) is 89.5 Å². The van der Waals surface area contributed by atoms with E-state index in [2.05, 4.69) is 10.6 Å². The largest absolute Gasteiger partial charge is 0.755 e. The molecule has 0 heterocycles. The molecule has 1 aromatic rings. The molecule has 0 aliphatic heterocycles. The Hall–Kier alpha value is -1.84. The van der Waals surface area contributed by atoms with E-state index in [-0.39, 0.29) is 5.69 Å². The van der Waals surface area contributed by atoms with Crippen LogP contribution in [0.25, 0.3) is 0 Å². The van der Waals surface area contributed by atoms with Crippen LogP contribution in [0.5, 0.6) is 0 Å². The molecular formula is C9H6NO4S-. The smallest absolute Gasteiger partial charge is 0.382 e. The summed E-state index contributed by atoms with van der Waals surface area (Å²) in [6, 6.07) is 6.25. The van der Waals surface area contributed by atoms with Gasteiger partial charge in [-0.1, -0.05) is 18.1 Å². The Kier molecular flexibility index (Phi) is 3.85. The summed E-state index contributed by atoms with van der Waals surface area (Å²) in [6.07, 6.45) is 0. The van der Waals surface area contributed by atoms with E-state index in [4.69, 9.17) is 5.11 Å². The molecule has 0 aliphatic rings. The zero-order chi connectivity index (χ0) is 11.3. The molecular weight excluding hydrogens is 218 g/mol. The number of hydrogen-bond donors (Lipinski definition) is 2. The van der Waals surface area contributed by atoms with Crippen LogP contribution in [0.15, 0.2) is 24.3 Å². The molecule has 0 saturated carbocycles. The van der Waals surface area contributed by atoms with E-state index in [9.17, 15) is 13.6 Å². The maximum absolute atomic E-state index is 10.4. The highest BCUT2D eigenvalue weighted by atomic mass is 32.2. The Balaban J connectivity index is 3.02. The number of carbonyl (C=O) groups is 1. The zero-order valence-corrected chi connectivity index (χ0v) is 8.21. The Labute approximate surface area is 88.5 Å². The lowest BCUT2D eigenvalue weighted by Gasteiger charge is -2.09. The van der Waals surface area contributed by atoms with Gasteiger partial charge in [-0.25, -0.2) is 4.79 Å². The first kappa shape index (κ1) is 11.2. The standard InChI is InChI=1S/C9H7NO4S/c11-9(12)6-5-7-3-1-2-4-8(7)10-15(13)14/h1-4,10H,(H,11,12)(H,13,14)/p-1. The molecule has 1 aromatic carbocycles. The number of benzene rings is 1. The van der Waals surface area contributed by atoms with Gasteiger partial charge in [0.05, 0.1) is 5.69 Å². The van der Waals surface area contributed by atoms with Gasteiger partial charge in [-0.2, -0.15) is 0 Å². The highest BCUT2D eigenvalue weighted by molar-refractivity contribution is 7.80. The number of nitrogens with one attached hydrogen (secondary N) is 1. The second-order valence-electron chi connectivity index (χ2n) is 2.44. The van der Waals surface area contributed by atoms with Crippen molar-refractivity contribution in [1.29, 1.82) is 0 Å². The second kappa shape index (κ2) is 5.14. The molecule has 0 fully saturated rings. The second-order valence-corrected chi connectivity index (χ2v) is 3.11. The van der Waals surface area contributed by atoms with Crippen LogP contribution in [0.4, 0.5) is 5.69 Å². The molecule has 78 valence electrons. The van der Waals surface area contributed by atoms with Crippen molar-refractivity contribution in [2.45, 2.75) is 0 Å². The highest BCUT2D eigenvalue weighted by Crippen LogP contribution is 2.13. The molecule has 0 aromatic heterocycles. The summed E-state index contributed by atoms with van der Waals surface area (Å²) in [5.74, 6) is 2.96. The SMILES string of the molecule is O=C(O)C#Cc1ccccc1NS(=O)[O-]. The Morgan fingerprint density at radius 3 is 2.73 bits per heavy atom. The summed E-state index contributed by atoms with van der Waals surface area (Å²) >= 11 is -2.46. The first-order valence-corrected chi connectivity index (χ1v) is 4.87. The van der Waals surface area contributed by atoms with Gasteiger partial charge in [0.2, 0.25) is 0 Å². The number of carboxylic acid groups (broad SMARTS) is 1. The van der Waals surface area contributed by atoms with E-state index in [1.54, 1.807) is 12.1 Å². The van der Waals surface area contributed by atoms with Crippen LogP contribution in [0.3, 0.4) is 0 Å². The van der Waals surface area contributed by atoms with Gasteiger partial charge in [-0.3, -0.25) is 4.21 Å². The quantitative estimate of drug-likeness (QED) is 0.559. The van der Waals surface area contributed by atoms with Crippen LogP contribution in [0.2, 0.25) is 0 Å². The van der Waals surface area contributed by atoms with Crippen molar-refractivity contribution in [3.05, 3.63) is 29.8 Å². The van der Waals surface area contributed by atoms with Crippen molar-refractivity contribution < 1.29 is 18.7 Å². The van der Waals surface area contributed by atoms with Gasteiger partial charge in [-0.05, 0) is 12.1 Å². The summed E-state index contributed by atoms with van der Waals surface area (Å²) < 4.78 is 22.9.